The highest BCUT2D eigenvalue weighted by Crippen LogP contribution is 2.26. The molecule has 8 heteroatoms. The summed E-state index contributed by atoms with van der Waals surface area (Å²) in [6.45, 7) is 3.89. The number of aromatic amines is 1. The van der Waals surface area contributed by atoms with Crippen LogP contribution in [0.3, 0.4) is 0 Å². The quantitative estimate of drug-likeness (QED) is 0.509. The molecule has 0 bridgehead atoms. The molecule has 28 heavy (non-hydrogen) atoms. The zero-order valence-corrected chi connectivity index (χ0v) is 15.6. The number of benzene rings is 1. The van der Waals surface area contributed by atoms with E-state index in [0.717, 1.165) is 59.2 Å². The number of piperidine rings is 1. The van der Waals surface area contributed by atoms with Crippen LogP contribution in [0.1, 0.15) is 28.9 Å². The third kappa shape index (κ3) is 2.91. The van der Waals surface area contributed by atoms with Crippen molar-refractivity contribution in [1.82, 2.24) is 35.4 Å². The molecule has 0 spiro atoms. The first kappa shape index (κ1) is 16.9. The van der Waals surface area contributed by atoms with E-state index < -0.39 is 0 Å². The molecule has 4 aromatic rings. The van der Waals surface area contributed by atoms with Crippen molar-refractivity contribution in [1.29, 1.82) is 0 Å². The molecule has 1 fully saturated rings. The lowest BCUT2D eigenvalue weighted by atomic mass is 10.0. The maximum Gasteiger partial charge on any atom is 0.272 e. The fourth-order valence-corrected chi connectivity index (χ4v) is 3.84. The SMILES string of the molecule is Cc1cc(-c2ccc3c(C(=O)NC4CCNCC4)n[nH]c3c2)cn2ncnc12. The van der Waals surface area contributed by atoms with Gasteiger partial charge in [-0.15, -0.1) is 0 Å². The van der Waals surface area contributed by atoms with Crippen LogP contribution >= 0.6 is 0 Å². The highest BCUT2D eigenvalue weighted by atomic mass is 16.2. The van der Waals surface area contributed by atoms with Crippen molar-refractivity contribution in [2.24, 2.45) is 0 Å². The van der Waals surface area contributed by atoms with Crippen LogP contribution in [0.2, 0.25) is 0 Å². The van der Waals surface area contributed by atoms with Crippen molar-refractivity contribution in [2.45, 2.75) is 25.8 Å². The molecule has 5 rings (SSSR count). The molecule has 0 atom stereocenters. The van der Waals surface area contributed by atoms with E-state index in [1.807, 2.05) is 31.3 Å². The second kappa shape index (κ2) is 6.72. The van der Waals surface area contributed by atoms with Gasteiger partial charge < -0.3 is 10.6 Å². The van der Waals surface area contributed by atoms with E-state index in [-0.39, 0.29) is 11.9 Å². The maximum absolute atomic E-state index is 12.7. The Morgan fingerprint density at radius 3 is 2.93 bits per heavy atom. The van der Waals surface area contributed by atoms with Crippen LogP contribution in [0.4, 0.5) is 0 Å². The Morgan fingerprint density at radius 2 is 2.07 bits per heavy atom. The Bertz CT molecular complexity index is 1170. The van der Waals surface area contributed by atoms with Gasteiger partial charge in [0.1, 0.15) is 6.33 Å². The zero-order chi connectivity index (χ0) is 19.1. The predicted molar refractivity (Wildman–Crippen MR) is 106 cm³/mol. The molecule has 1 aliphatic heterocycles. The van der Waals surface area contributed by atoms with Crippen LogP contribution in [0.15, 0.2) is 36.8 Å². The van der Waals surface area contributed by atoms with Gasteiger partial charge in [0.2, 0.25) is 0 Å². The number of amides is 1. The van der Waals surface area contributed by atoms with Gasteiger partial charge >= 0.3 is 0 Å². The molecular weight excluding hydrogens is 354 g/mol. The monoisotopic (exact) mass is 375 g/mol. The van der Waals surface area contributed by atoms with Crippen LogP contribution in [-0.4, -0.2) is 49.8 Å². The molecule has 3 N–H and O–H groups in total. The topological polar surface area (TPSA) is 100 Å². The molecule has 1 saturated heterocycles. The van der Waals surface area contributed by atoms with Gasteiger partial charge in [0.25, 0.3) is 5.91 Å². The van der Waals surface area contributed by atoms with Gasteiger partial charge in [-0.1, -0.05) is 6.07 Å². The number of carbonyl (C=O) groups is 1. The average molecular weight is 375 g/mol. The van der Waals surface area contributed by atoms with E-state index in [1.165, 1.54) is 0 Å². The summed E-state index contributed by atoms with van der Waals surface area (Å²) in [6, 6.07) is 8.27. The standard InChI is InChI=1S/C20H21N7O/c1-12-8-14(10-27-19(12)22-11-23-27)13-2-3-16-17(9-13)25-26-18(16)20(28)24-15-4-6-21-7-5-15/h2-3,8-11,15,21H,4-7H2,1H3,(H,24,28)(H,25,26). The number of aromatic nitrogens is 5. The third-order valence-electron chi connectivity index (χ3n) is 5.34. The number of hydrogen-bond acceptors (Lipinski definition) is 5. The number of pyridine rings is 1. The summed E-state index contributed by atoms with van der Waals surface area (Å²) in [5, 5.41) is 18.8. The minimum absolute atomic E-state index is 0.120. The Balaban J connectivity index is 1.46. The molecule has 0 radical (unpaired) electrons. The first-order valence-corrected chi connectivity index (χ1v) is 9.49. The summed E-state index contributed by atoms with van der Waals surface area (Å²) in [5.74, 6) is -0.120. The van der Waals surface area contributed by atoms with E-state index >= 15 is 0 Å². The second-order valence-corrected chi connectivity index (χ2v) is 7.27. The summed E-state index contributed by atoms with van der Waals surface area (Å²) in [7, 11) is 0. The van der Waals surface area contributed by atoms with E-state index in [4.69, 9.17) is 0 Å². The highest BCUT2D eigenvalue weighted by molar-refractivity contribution is 6.05. The van der Waals surface area contributed by atoms with Crippen molar-refractivity contribution in [3.05, 3.63) is 48.0 Å². The zero-order valence-electron chi connectivity index (χ0n) is 15.6. The number of carbonyl (C=O) groups excluding carboxylic acids is 1. The van der Waals surface area contributed by atoms with E-state index in [2.05, 4.69) is 37.0 Å². The van der Waals surface area contributed by atoms with E-state index in [0.29, 0.717) is 5.69 Å². The van der Waals surface area contributed by atoms with Crippen molar-refractivity contribution >= 4 is 22.5 Å². The van der Waals surface area contributed by atoms with Crippen molar-refractivity contribution in [3.63, 3.8) is 0 Å². The molecule has 1 amide bonds. The van der Waals surface area contributed by atoms with Crippen LogP contribution in [0, 0.1) is 6.92 Å². The number of H-pyrrole nitrogens is 1. The summed E-state index contributed by atoms with van der Waals surface area (Å²) in [6.07, 6.45) is 5.40. The van der Waals surface area contributed by atoms with E-state index in [9.17, 15) is 4.79 Å². The van der Waals surface area contributed by atoms with Gasteiger partial charge in [-0.3, -0.25) is 9.89 Å². The summed E-state index contributed by atoms with van der Waals surface area (Å²) in [4.78, 5) is 16.9. The van der Waals surface area contributed by atoms with Crippen LogP contribution in [-0.2, 0) is 0 Å². The Morgan fingerprint density at radius 1 is 1.21 bits per heavy atom. The van der Waals surface area contributed by atoms with Gasteiger partial charge in [0, 0.05) is 23.2 Å². The summed E-state index contributed by atoms with van der Waals surface area (Å²) < 4.78 is 1.78. The molecule has 0 aliphatic carbocycles. The fourth-order valence-electron chi connectivity index (χ4n) is 3.84. The lowest BCUT2D eigenvalue weighted by Gasteiger charge is -2.23. The lowest BCUT2D eigenvalue weighted by Crippen LogP contribution is -2.42. The van der Waals surface area contributed by atoms with Crippen LogP contribution < -0.4 is 10.6 Å². The molecule has 4 heterocycles. The van der Waals surface area contributed by atoms with Crippen LogP contribution in [0.25, 0.3) is 27.7 Å². The van der Waals surface area contributed by atoms with Crippen molar-refractivity contribution in [3.8, 4) is 11.1 Å². The highest BCUT2D eigenvalue weighted by Gasteiger charge is 2.20. The second-order valence-electron chi connectivity index (χ2n) is 7.27. The number of fused-ring (bicyclic) bond motifs is 2. The molecule has 0 saturated carbocycles. The van der Waals surface area contributed by atoms with Gasteiger partial charge in [-0.2, -0.15) is 10.2 Å². The molecule has 1 aromatic carbocycles. The van der Waals surface area contributed by atoms with Crippen molar-refractivity contribution < 1.29 is 4.79 Å². The summed E-state index contributed by atoms with van der Waals surface area (Å²) in [5.41, 5.74) is 5.26. The number of aryl methyl sites for hydroxylation is 1. The number of hydrogen-bond donors (Lipinski definition) is 3. The Labute approximate surface area is 161 Å². The Hall–Kier alpha value is -3.26. The van der Waals surface area contributed by atoms with Gasteiger partial charge in [-0.25, -0.2) is 9.50 Å². The summed E-state index contributed by atoms with van der Waals surface area (Å²) >= 11 is 0. The fraction of sp³-hybridized carbons (Fsp3) is 0.300. The number of nitrogens with one attached hydrogen (secondary N) is 3. The molecule has 142 valence electrons. The normalized spacial score (nSPS) is 15.3. The van der Waals surface area contributed by atoms with Gasteiger partial charge in [-0.05, 0) is 62.2 Å². The van der Waals surface area contributed by atoms with Gasteiger partial charge in [0.15, 0.2) is 11.3 Å². The van der Waals surface area contributed by atoms with E-state index in [1.54, 1.807) is 10.8 Å². The maximum atomic E-state index is 12.7. The molecular formula is C20H21N7O. The molecule has 0 unspecified atom stereocenters. The minimum atomic E-state index is -0.120. The first-order valence-electron chi connectivity index (χ1n) is 9.49. The Kier molecular flexibility index (Phi) is 4.05. The molecule has 3 aromatic heterocycles. The average Bonchev–Trinajstić information content (AvgIpc) is 3.35. The van der Waals surface area contributed by atoms with Crippen molar-refractivity contribution in [2.75, 3.05) is 13.1 Å². The molecule has 1 aliphatic rings. The first-order chi connectivity index (χ1) is 13.7. The largest absolute Gasteiger partial charge is 0.348 e. The van der Waals surface area contributed by atoms with Gasteiger partial charge in [0.05, 0.1) is 5.52 Å². The predicted octanol–water partition coefficient (Wildman–Crippen LogP) is 2.06. The molecule has 8 nitrogen and oxygen atoms in total. The number of nitrogens with zero attached hydrogens (tertiary/aromatic N) is 4. The third-order valence-corrected chi connectivity index (χ3v) is 5.34. The smallest absolute Gasteiger partial charge is 0.272 e. The lowest BCUT2D eigenvalue weighted by molar-refractivity contribution is 0.0926. The minimum Gasteiger partial charge on any atom is -0.348 e. The van der Waals surface area contributed by atoms with Crippen LogP contribution in [0.5, 0.6) is 0 Å². The number of rotatable bonds is 3.